The fourth-order valence-electron chi connectivity index (χ4n) is 3.29. The fraction of sp³-hybridized carbons (Fsp3) is 0.368. The number of nitrogens with zero attached hydrogens (tertiary/aromatic N) is 3. The summed E-state index contributed by atoms with van der Waals surface area (Å²) in [5.41, 5.74) is 2.51. The number of nitrogens with one attached hydrogen (secondary N) is 1. The Hall–Kier alpha value is -2.40. The zero-order valence-electron chi connectivity index (χ0n) is 14.1. The molecule has 0 amide bonds. The van der Waals surface area contributed by atoms with Crippen molar-refractivity contribution in [3.05, 3.63) is 59.1 Å². The molecule has 1 atom stereocenters. The summed E-state index contributed by atoms with van der Waals surface area (Å²) in [6.07, 6.45) is 1.10. The van der Waals surface area contributed by atoms with E-state index in [2.05, 4.69) is 36.5 Å². The van der Waals surface area contributed by atoms with E-state index < -0.39 is 0 Å². The Morgan fingerprint density at radius 2 is 2.17 bits per heavy atom. The third-order valence-corrected chi connectivity index (χ3v) is 4.50. The van der Waals surface area contributed by atoms with Crippen LogP contribution < -0.4 is 5.32 Å². The predicted molar refractivity (Wildman–Crippen MR) is 93.0 cm³/mol. The maximum absolute atomic E-state index is 5.72. The minimum atomic E-state index is 0.409. The zero-order valence-corrected chi connectivity index (χ0v) is 14.1. The summed E-state index contributed by atoms with van der Waals surface area (Å²) < 4.78 is 7.76. The maximum atomic E-state index is 5.72. The van der Waals surface area contributed by atoms with Gasteiger partial charge in [0.2, 0.25) is 5.82 Å². The Bertz CT molecular complexity index is 843. The van der Waals surface area contributed by atoms with Crippen molar-refractivity contribution in [3.8, 4) is 11.6 Å². The first-order chi connectivity index (χ1) is 11.7. The standard InChI is InChI=1S/C19H22N4O/c1-13-4-3-5-15(10-13)12-23-19(16-8-9-20-11-16)21-18(22-23)17-7-6-14(2)24-17/h3-7,10,16,20H,8-9,11-12H2,1-2H3/t16-/m0/s1. The molecule has 1 fully saturated rings. The van der Waals surface area contributed by atoms with E-state index in [0.717, 1.165) is 43.4 Å². The van der Waals surface area contributed by atoms with Crippen LogP contribution >= 0.6 is 0 Å². The Labute approximate surface area is 141 Å². The second-order valence-corrected chi connectivity index (χ2v) is 6.54. The topological polar surface area (TPSA) is 55.9 Å². The lowest BCUT2D eigenvalue weighted by atomic mass is 10.1. The van der Waals surface area contributed by atoms with Gasteiger partial charge in [0.1, 0.15) is 11.6 Å². The van der Waals surface area contributed by atoms with E-state index in [0.29, 0.717) is 11.7 Å². The SMILES string of the molecule is Cc1cccc(Cn2nc(-c3ccc(C)o3)nc2[C@H]2CCNC2)c1. The molecule has 5 heteroatoms. The number of benzene rings is 1. The Balaban J connectivity index is 1.71. The van der Waals surface area contributed by atoms with Gasteiger partial charge in [0, 0.05) is 12.5 Å². The molecule has 124 valence electrons. The Morgan fingerprint density at radius 3 is 2.88 bits per heavy atom. The van der Waals surface area contributed by atoms with Gasteiger partial charge in [-0.3, -0.25) is 0 Å². The summed E-state index contributed by atoms with van der Waals surface area (Å²) in [5.74, 6) is 3.75. The van der Waals surface area contributed by atoms with Gasteiger partial charge in [-0.2, -0.15) is 0 Å². The lowest BCUT2D eigenvalue weighted by molar-refractivity contribution is 0.542. The molecule has 1 aromatic carbocycles. The number of hydrogen-bond donors (Lipinski definition) is 1. The summed E-state index contributed by atoms with van der Waals surface area (Å²) in [6.45, 7) is 6.79. The van der Waals surface area contributed by atoms with E-state index in [4.69, 9.17) is 14.5 Å². The quantitative estimate of drug-likeness (QED) is 0.801. The molecule has 0 saturated carbocycles. The van der Waals surface area contributed by atoms with Gasteiger partial charge in [-0.1, -0.05) is 29.8 Å². The molecule has 3 aromatic rings. The molecule has 1 aliphatic rings. The summed E-state index contributed by atoms with van der Waals surface area (Å²) in [5, 5.41) is 8.17. The van der Waals surface area contributed by atoms with Crippen molar-refractivity contribution in [1.29, 1.82) is 0 Å². The summed E-state index contributed by atoms with van der Waals surface area (Å²) >= 11 is 0. The van der Waals surface area contributed by atoms with E-state index in [9.17, 15) is 0 Å². The van der Waals surface area contributed by atoms with E-state index >= 15 is 0 Å². The first-order valence-corrected chi connectivity index (χ1v) is 8.47. The number of rotatable bonds is 4. The van der Waals surface area contributed by atoms with Crippen molar-refractivity contribution in [2.24, 2.45) is 0 Å². The van der Waals surface area contributed by atoms with Gasteiger partial charge in [0.15, 0.2) is 5.76 Å². The van der Waals surface area contributed by atoms with Crippen molar-refractivity contribution in [2.75, 3.05) is 13.1 Å². The smallest absolute Gasteiger partial charge is 0.217 e. The molecule has 0 bridgehead atoms. The lowest BCUT2D eigenvalue weighted by Gasteiger charge is -2.10. The average Bonchev–Trinajstić information content (AvgIpc) is 3.27. The van der Waals surface area contributed by atoms with Crippen molar-refractivity contribution >= 4 is 0 Å². The van der Waals surface area contributed by atoms with Crippen LogP contribution in [0.1, 0.15) is 35.1 Å². The van der Waals surface area contributed by atoms with Crippen molar-refractivity contribution in [3.63, 3.8) is 0 Å². The number of aryl methyl sites for hydroxylation is 2. The van der Waals surface area contributed by atoms with E-state index in [1.54, 1.807) is 0 Å². The predicted octanol–water partition coefficient (Wildman–Crippen LogP) is 3.28. The second-order valence-electron chi connectivity index (χ2n) is 6.54. The first-order valence-electron chi connectivity index (χ1n) is 8.47. The van der Waals surface area contributed by atoms with Gasteiger partial charge in [-0.25, -0.2) is 9.67 Å². The molecule has 1 saturated heterocycles. The van der Waals surface area contributed by atoms with Crippen molar-refractivity contribution < 1.29 is 4.42 Å². The number of aromatic nitrogens is 3. The third-order valence-electron chi connectivity index (χ3n) is 4.50. The van der Waals surface area contributed by atoms with Gasteiger partial charge < -0.3 is 9.73 Å². The van der Waals surface area contributed by atoms with Crippen LogP contribution in [-0.2, 0) is 6.54 Å². The molecule has 0 aliphatic carbocycles. The summed E-state index contributed by atoms with van der Waals surface area (Å²) in [6, 6.07) is 12.4. The van der Waals surface area contributed by atoms with Crippen LogP contribution in [0.5, 0.6) is 0 Å². The molecule has 3 heterocycles. The number of hydrogen-bond acceptors (Lipinski definition) is 4. The molecule has 0 radical (unpaired) electrons. The summed E-state index contributed by atoms with van der Waals surface area (Å²) in [4.78, 5) is 4.81. The van der Waals surface area contributed by atoms with E-state index in [-0.39, 0.29) is 0 Å². The van der Waals surface area contributed by atoms with Crippen LogP contribution in [0, 0.1) is 13.8 Å². The van der Waals surface area contributed by atoms with Crippen LogP contribution in [0.15, 0.2) is 40.8 Å². The van der Waals surface area contributed by atoms with Crippen molar-refractivity contribution in [2.45, 2.75) is 32.7 Å². The molecule has 0 unspecified atom stereocenters. The fourth-order valence-corrected chi connectivity index (χ4v) is 3.29. The van der Waals surface area contributed by atoms with Gasteiger partial charge in [0.05, 0.1) is 6.54 Å². The summed E-state index contributed by atoms with van der Waals surface area (Å²) in [7, 11) is 0. The molecule has 0 spiro atoms. The third kappa shape index (κ3) is 2.99. The largest absolute Gasteiger partial charge is 0.458 e. The molecule has 4 rings (SSSR count). The average molecular weight is 322 g/mol. The van der Waals surface area contributed by atoms with Gasteiger partial charge >= 0.3 is 0 Å². The molecular weight excluding hydrogens is 300 g/mol. The zero-order chi connectivity index (χ0) is 16.5. The first kappa shape index (κ1) is 15.1. The molecule has 1 N–H and O–H groups in total. The molecular formula is C19H22N4O. The highest BCUT2D eigenvalue weighted by atomic mass is 16.3. The Kier molecular flexibility index (Phi) is 3.94. The number of furan rings is 1. The van der Waals surface area contributed by atoms with Crippen LogP contribution in [0.2, 0.25) is 0 Å². The van der Waals surface area contributed by atoms with E-state index in [1.807, 2.05) is 23.7 Å². The minimum Gasteiger partial charge on any atom is -0.458 e. The molecule has 24 heavy (non-hydrogen) atoms. The highest BCUT2D eigenvalue weighted by Crippen LogP contribution is 2.26. The second kappa shape index (κ2) is 6.24. The Morgan fingerprint density at radius 1 is 1.25 bits per heavy atom. The molecule has 2 aromatic heterocycles. The monoisotopic (exact) mass is 322 g/mol. The van der Waals surface area contributed by atoms with Crippen LogP contribution in [0.25, 0.3) is 11.6 Å². The van der Waals surface area contributed by atoms with Crippen LogP contribution in [0.4, 0.5) is 0 Å². The van der Waals surface area contributed by atoms with Gasteiger partial charge in [0.25, 0.3) is 0 Å². The molecule has 1 aliphatic heterocycles. The van der Waals surface area contributed by atoms with Crippen LogP contribution in [-0.4, -0.2) is 27.9 Å². The van der Waals surface area contributed by atoms with E-state index in [1.165, 1.54) is 11.1 Å². The minimum absolute atomic E-state index is 0.409. The highest BCUT2D eigenvalue weighted by Gasteiger charge is 2.24. The van der Waals surface area contributed by atoms with Gasteiger partial charge in [-0.05, 0) is 44.5 Å². The van der Waals surface area contributed by atoms with Crippen LogP contribution in [0.3, 0.4) is 0 Å². The lowest BCUT2D eigenvalue weighted by Crippen LogP contribution is -2.14. The molecule has 5 nitrogen and oxygen atoms in total. The maximum Gasteiger partial charge on any atom is 0.217 e. The van der Waals surface area contributed by atoms with Gasteiger partial charge in [-0.15, -0.1) is 5.10 Å². The highest BCUT2D eigenvalue weighted by molar-refractivity contribution is 5.46. The van der Waals surface area contributed by atoms with Crippen molar-refractivity contribution in [1.82, 2.24) is 20.1 Å². The normalized spacial score (nSPS) is 17.5.